The van der Waals surface area contributed by atoms with E-state index in [1.165, 1.54) is 82.6 Å². The first-order valence-electron chi connectivity index (χ1n) is 11.2. The lowest BCUT2D eigenvalue weighted by molar-refractivity contribution is 0.288. The molecule has 0 aliphatic heterocycles. The van der Waals surface area contributed by atoms with E-state index in [-0.39, 0.29) is 5.82 Å². The Morgan fingerprint density at radius 1 is 0.808 bits per heavy atom. The number of halogens is 1. The van der Waals surface area contributed by atoms with Crippen molar-refractivity contribution in [2.75, 3.05) is 0 Å². The largest absolute Gasteiger partial charge is 0.207 e. The van der Waals surface area contributed by atoms with Gasteiger partial charge in [-0.05, 0) is 92.7 Å². The maximum Gasteiger partial charge on any atom is 0.123 e. The van der Waals surface area contributed by atoms with Crippen molar-refractivity contribution in [3.8, 4) is 0 Å². The van der Waals surface area contributed by atoms with E-state index in [9.17, 15) is 4.39 Å². The van der Waals surface area contributed by atoms with Crippen molar-refractivity contribution in [1.29, 1.82) is 0 Å². The Labute approximate surface area is 160 Å². The van der Waals surface area contributed by atoms with Gasteiger partial charge in [0.1, 0.15) is 5.82 Å². The molecule has 1 heteroatoms. The molecule has 144 valence electrons. The molecular formula is C25H37F. The molecular weight excluding hydrogens is 319 g/mol. The predicted molar refractivity (Wildman–Crippen MR) is 110 cm³/mol. The minimum Gasteiger partial charge on any atom is -0.207 e. The second-order valence-corrected chi connectivity index (χ2v) is 8.82. The second kappa shape index (κ2) is 10.3. The normalized spacial score (nSPS) is 29.9. The van der Waals surface area contributed by atoms with Gasteiger partial charge in [0.05, 0.1) is 0 Å². The SMILES string of the molecule is CCCCCC1CCC(/C=C/C2CCC(c3ccc(F)cc3)CC2)CC1. The van der Waals surface area contributed by atoms with E-state index < -0.39 is 0 Å². The van der Waals surface area contributed by atoms with E-state index in [4.69, 9.17) is 0 Å². The highest BCUT2D eigenvalue weighted by Gasteiger charge is 2.22. The molecule has 2 saturated carbocycles. The first-order chi connectivity index (χ1) is 12.7. The van der Waals surface area contributed by atoms with Crippen LogP contribution in [0.25, 0.3) is 0 Å². The summed E-state index contributed by atoms with van der Waals surface area (Å²) in [4.78, 5) is 0. The van der Waals surface area contributed by atoms with Crippen molar-refractivity contribution < 1.29 is 4.39 Å². The Balaban J connectivity index is 1.36. The molecule has 0 N–H and O–H groups in total. The first-order valence-corrected chi connectivity index (χ1v) is 11.2. The smallest absolute Gasteiger partial charge is 0.123 e. The fourth-order valence-corrected chi connectivity index (χ4v) is 5.05. The molecule has 1 aromatic rings. The summed E-state index contributed by atoms with van der Waals surface area (Å²) >= 11 is 0. The van der Waals surface area contributed by atoms with Gasteiger partial charge >= 0.3 is 0 Å². The van der Waals surface area contributed by atoms with Gasteiger partial charge in [-0.3, -0.25) is 0 Å². The monoisotopic (exact) mass is 356 g/mol. The van der Waals surface area contributed by atoms with Crippen LogP contribution in [0.2, 0.25) is 0 Å². The number of unbranched alkanes of at least 4 members (excludes halogenated alkanes) is 2. The van der Waals surface area contributed by atoms with E-state index in [0.717, 1.165) is 17.8 Å². The lowest BCUT2D eigenvalue weighted by atomic mass is 9.77. The van der Waals surface area contributed by atoms with E-state index in [0.29, 0.717) is 5.92 Å². The van der Waals surface area contributed by atoms with Gasteiger partial charge in [-0.15, -0.1) is 0 Å². The van der Waals surface area contributed by atoms with Crippen LogP contribution in [0, 0.1) is 23.6 Å². The summed E-state index contributed by atoms with van der Waals surface area (Å²) in [5.74, 6) is 3.14. The van der Waals surface area contributed by atoms with E-state index in [2.05, 4.69) is 19.1 Å². The minimum atomic E-state index is -0.120. The van der Waals surface area contributed by atoms with Gasteiger partial charge < -0.3 is 0 Å². The van der Waals surface area contributed by atoms with Gasteiger partial charge in [0, 0.05) is 0 Å². The molecule has 3 rings (SSSR count). The van der Waals surface area contributed by atoms with Crippen LogP contribution in [0.3, 0.4) is 0 Å². The molecule has 0 bridgehead atoms. The average molecular weight is 357 g/mol. The molecule has 0 unspecified atom stereocenters. The van der Waals surface area contributed by atoms with Crippen LogP contribution in [0.1, 0.15) is 95.5 Å². The Hall–Kier alpha value is -1.11. The third kappa shape index (κ3) is 5.96. The van der Waals surface area contributed by atoms with Crippen molar-refractivity contribution in [2.24, 2.45) is 17.8 Å². The number of allylic oxidation sites excluding steroid dienone is 2. The summed E-state index contributed by atoms with van der Waals surface area (Å²) in [7, 11) is 0. The van der Waals surface area contributed by atoms with Crippen molar-refractivity contribution in [3.05, 3.63) is 47.8 Å². The van der Waals surface area contributed by atoms with Gasteiger partial charge in [-0.2, -0.15) is 0 Å². The summed E-state index contributed by atoms with van der Waals surface area (Å²) < 4.78 is 13.1. The number of benzene rings is 1. The van der Waals surface area contributed by atoms with Crippen LogP contribution in [0.5, 0.6) is 0 Å². The molecule has 0 aromatic heterocycles. The van der Waals surface area contributed by atoms with Crippen LogP contribution < -0.4 is 0 Å². The standard InChI is InChI=1S/C25H37F/c1-2-3-4-5-20-6-8-21(9-7-20)10-11-22-12-14-23(15-13-22)24-16-18-25(26)19-17-24/h10-11,16-23H,2-9,12-15H2,1H3/b11-10+. The topological polar surface area (TPSA) is 0 Å². The minimum absolute atomic E-state index is 0.120. The third-order valence-electron chi connectivity index (χ3n) is 6.88. The first kappa shape index (κ1) is 19.6. The Bertz CT molecular complexity index is 528. The zero-order chi connectivity index (χ0) is 18.2. The molecule has 0 amide bonds. The number of hydrogen-bond donors (Lipinski definition) is 0. The summed E-state index contributed by atoms with van der Waals surface area (Å²) in [6.07, 6.45) is 21.6. The van der Waals surface area contributed by atoms with E-state index >= 15 is 0 Å². The van der Waals surface area contributed by atoms with Crippen molar-refractivity contribution in [2.45, 2.75) is 89.9 Å². The van der Waals surface area contributed by atoms with Gasteiger partial charge in [0.2, 0.25) is 0 Å². The molecule has 26 heavy (non-hydrogen) atoms. The molecule has 1 aromatic carbocycles. The number of hydrogen-bond acceptors (Lipinski definition) is 0. The Kier molecular flexibility index (Phi) is 7.77. The Morgan fingerprint density at radius 3 is 1.96 bits per heavy atom. The van der Waals surface area contributed by atoms with Gasteiger partial charge in [0.15, 0.2) is 0 Å². The summed E-state index contributed by atoms with van der Waals surface area (Å²) in [5, 5.41) is 0. The maximum atomic E-state index is 13.1. The zero-order valence-corrected chi connectivity index (χ0v) is 16.6. The molecule has 0 saturated heterocycles. The lowest BCUT2D eigenvalue weighted by Gasteiger charge is -2.29. The van der Waals surface area contributed by atoms with Crippen LogP contribution in [0.4, 0.5) is 4.39 Å². The highest BCUT2D eigenvalue weighted by atomic mass is 19.1. The maximum absolute atomic E-state index is 13.1. The summed E-state index contributed by atoms with van der Waals surface area (Å²) in [6.45, 7) is 2.30. The van der Waals surface area contributed by atoms with Gasteiger partial charge in [-0.1, -0.05) is 56.9 Å². The fraction of sp³-hybridized carbons (Fsp3) is 0.680. The zero-order valence-electron chi connectivity index (χ0n) is 16.6. The molecule has 0 radical (unpaired) electrons. The molecule has 2 aliphatic carbocycles. The van der Waals surface area contributed by atoms with E-state index in [1.54, 1.807) is 12.1 Å². The molecule has 0 atom stereocenters. The van der Waals surface area contributed by atoms with E-state index in [1.807, 2.05) is 12.1 Å². The third-order valence-corrected chi connectivity index (χ3v) is 6.88. The van der Waals surface area contributed by atoms with Crippen molar-refractivity contribution in [3.63, 3.8) is 0 Å². The Morgan fingerprint density at radius 2 is 1.38 bits per heavy atom. The predicted octanol–water partition coefficient (Wildman–Crippen LogP) is 8.04. The quantitative estimate of drug-likeness (QED) is 0.342. The molecule has 0 heterocycles. The van der Waals surface area contributed by atoms with Gasteiger partial charge in [0.25, 0.3) is 0 Å². The van der Waals surface area contributed by atoms with Crippen molar-refractivity contribution >= 4 is 0 Å². The highest BCUT2D eigenvalue weighted by Crippen LogP contribution is 2.37. The average Bonchev–Trinajstić information content (AvgIpc) is 2.69. The van der Waals surface area contributed by atoms with Gasteiger partial charge in [-0.25, -0.2) is 4.39 Å². The van der Waals surface area contributed by atoms with Crippen molar-refractivity contribution in [1.82, 2.24) is 0 Å². The molecule has 2 aliphatic rings. The molecule has 2 fully saturated rings. The summed E-state index contributed by atoms with van der Waals surface area (Å²) in [6, 6.07) is 7.18. The second-order valence-electron chi connectivity index (χ2n) is 8.82. The summed E-state index contributed by atoms with van der Waals surface area (Å²) in [5.41, 5.74) is 1.33. The molecule has 0 spiro atoms. The number of rotatable bonds is 7. The van der Waals surface area contributed by atoms with Crippen LogP contribution >= 0.6 is 0 Å². The molecule has 0 nitrogen and oxygen atoms in total. The highest BCUT2D eigenvalue weighted by molar-refractivity contribution is 5.21. The van der Waals surface area contributed by atoms with Crippen LogP contribution in [-0.4, -0.2) is 0 Å². The van der Waals surface area contributed by atoms with Crippen LogP contribution in [0.15, 0.2) is 36.4 Å². The fourth-order valence-electron chi connectivity index (χ4n) is 5.05. The lowest BCUT2D eigenvalue weighted by Crippen LogP contribution is -2.14. The van der Waals surface area contributed by atoms with Crippen LogP contribution in [-0.2, 0) is 0 Å².